The first-order chi connectivity index (χ1) is 14.7. The standard InChI is InChI=1S/C21H19F4N3O3/c1-11-6-12(2)17(31-20(24)25)8-16(11)26-21-27-19(29)18(30-3)10-28(21)9-13-4-5-14(22)15(23)7-13/h4-8,10,20H,9H2,1-3H3,(H,26,27,29). The number of halogens is 4. The summed E-state index contributed by atoms with van der Waals surface area (Å²) in [5, 5.41) is 2.92. The second kappa shape index (κ2) is 9.07. The van der Waals surface area contributed by atoms with Crippen molar-refractivity contribution in [2.24, 2.45) is 0 Å². The molecule has 1 heterocycles. The number of aromatic nitrogens is 2. The molecule has 10 heteroatoms. The molecule has 0 spiro atoms. The molecular formula is C21H19F4N3O3. The van der Waals surface area contributed by atoms with Crippen LogP contribution in [0.4, 0.5) is 29.2 Å². The number of anilines is 2. The molecule has 0 saturated carbocycles. The van der Waals surface area contributed by atoms with Crippen molar-refractivity contribution in [3.63, 3.8) is 0 Å². The van der Waals surface area contributed by atoms with Gasteiger partial charge in [0.15, 0.2) is 11.6 Å². The van der Waals surface area contributed by atoms with E-state index in [0.717, 1.165) is 12.1 Å². The zero-order valence-corrected chi connectivity index (χ0v) is 16.9. The Bertz CT molecular complexity index is 1170. The quantitative estimate of drug-likeness (QED) is 0.550. The lowest BCUT2D eigenvalue weighted by Gasteiger charge is -2.18. The third-order valence-electron chi connectivity index (χ3n) is 4.50. The van der Waals surface area contributed by atoms with Crippen LogP contribution < -0.4 is 20.3 Å². The van der Waals surface area contributed by atoms with Crippen LogP contribution in [0.3, 0.4) is 0 Å². The summed E-state index contributed by atoms with van der Waals surface area (Å²) in [5.74, 6) is -2.05. The normalized spacial score (nSPS) is 11.0. The molecule has 0 radical (unpaired) electrons. The van der Waals surface area contributed by atoms with Crippen LogP contribution in [0.5, 0.6) is 11.5 Å². The molecule has 0 saturated heterocycles. The van der Waals surface area contributed by atoms with Crippen molar-refractivity contribution in [2.45, 2.75) is 27.0 Å². The fourth-order valence-electron chi connectivity index (χ4n) is 2.98. The van der Waals surface area contributed by atoms with Gasteiger partial charge in [0, 0.05) is 11.8 Å². The topological polar surface area (TPSA) is 65.4 Å². The molecule has 0 aliphatic carbocycles. The van der Waals surface area contributed by atoms with Crippen molar-refractivity contribution in [3.05, 3.63) is 75.2 Å². The maximum atomic E-state index is 13.6. The van der Waals surface area contributed by atoms with E-state index in [4.69, 9.17) is 4.74 Å². The van der Waals surface area contributed by atoms with Crippen molar-refractivity contribution in [2.75, 3.05) is 12.4 Å². The molecular weight excluding hydrogens is 418 g/mol. The molecule has 0 fully saturated rings. The molecule has 2 aromatic carbocycles. The number of nitrogens with zero attached hydrogens (tertiary/aromatic N) is 2. The van der Waals surface area contributed by atoms with Gasteiger partial charge in [-0.25, -0.2) is 8.78 Å². The highest BCUT2D eigenvalue weighted by Gasteiger charge is 2.15. The first-order valence-corrected chi connectivity index (χ1v) is 9.10. The van der Waals surface area contributed by atoms with E-state index in [1.54, 1.807) is 19.9 Å². The second-order valence-corrected chi connectivity index (χ2v) is 6.75. The van der Waals surface area contributed by atoms with Gasteiger partial charge in [-0.15, -0.1) is 0 Å². The molecule has 0 aliphatic heterocycles. The van der Waals surface area contributed by atoms with Crippen molar-refractivity contribution < 1.29 is 27.0 Å². The SMILES string of the molecule is COc1cn(Cc2ccc(F)c(F)c2)c(Nc2cc(OC(F)F)c(C)cc2C)nc1=O. The second-order valence-electron chi connectivity index (χ2n) is 6.75. The predicted molar refractivity (Wildman–Crippen MR) is 106 cm³/mol. The third kappa shape index (κ3) is 5.14. The minimum Gasteiger partial charge on any atom is -0.490 e. The minimum atomic E-state index is -3.00. The maximum Gasteiger partial charge on any atom is 0.387 e. The van der Waals surface area contributed by atoms with Gasteiger partial charge in [0.25, 0.3) is 0 Å². The summed E-state index contributed by atoms with van der Waals surface area (Å²) >= 11 is 0. The highest BCUT2D eigenvalue weighted by Crippen LogP contribution is 2.30. The van der Waals surface area contributed by atoms with Gasteiger partial charge in [0.1, 0.15) is 5.75 Å². The Balaban J connectivity index is 2.03. The van der Waals surface area contributed by atoms with E-state index in [2.05, 4.69) is 15.0 Å². The summed E-state index contributed by atoms with van der Waals surface area (Å²) < 4.78 is 63.2. The van der Waals surface area contributed by atoms with Crippen LogP contribution in [0.15, 0.2) is 41.3 Å². The molecule has 6 nitrogen and oxygen atoms in total. The highest BCUT2D eigenvalue weighted by atomic mass is 19.3. The molecule has 164 valence electrons. The number of benzene rings is 2. The first kappa shape index (κ1) is 22.1. The third-order valence-corrected chi connectivity index (χ3v) is 4.50. The van der Waals surface area contributed by atoms with Crippen LogP contribution in [-0.2, 0) is 6.54 Å². The Hall–Kier alpha value is -3.56. The molecule has 0 bridgehead atoms. The van der Waals surface area contributed by atoms with Gasteiger partial charge in [0.2, 0.25) is 11.7 Å². The van der Waals surface area contributed by atoms with Crippen LogP contribution in [-0.4, -0.2) is 23.3 Å². The van der Waals surface area contributed by atoms with Gasteiger partial charge in [-0.2, -0.15) is 13.8 Å². The number of hydrogen-bond acceptors (Lipinski definition) is 5. The van der Waals surface area contributed by atoms with Crippen molar-refractivity contribution in [1.29, 1.82) is 0 Å². The summed E-state index contributed by atoms with van der Waals surface area (Å²) in [6, 6.07) is 6.41. The average molecular weight is 437 g/mol. The zero-order chi connectivity index (χ0) is 22.7. The number of rotatable bonds is 7. The summed E-state index contributed by atoms with van der Waals surface area (Å²) in [4.78, 5) is 16.1. The molecule has 3 aromatic rings. The lowest BCUT2D eigenvalue weighted by molar-refractivity contribution is -0.0502. The Morgan fingerprint density at radius 3 is 2.45 bits per heavy atom. The van der Waals surface area contributed by atoms with Gasteiger partial charge in [0.05, 0.1) is 19.9 Å². The Labute approximate surface area is 175 Å². The van der Waals surface area contributed by atoms with Gasteiger partial charge in [-0.1, -0.05) is 12.1 Å². The Morgan fingerprint density at radius 1 is 1.06 bits per heavy atom. The summed E-state index contributed by atoms with van der Waals surface area (Å²) in [5.41, 5.74) is 1.29. The maximum absolute atomic E-state index is 13.6. The van der Waals surface area contributed by atoms with Crippen molar-refractivity contribution in [1.82, 2.24) is 9.55 Å². The van der Waals surface area contributed by atoms with Crippen molar-refractivity contribution in [3.8, 4) is 11.5 Å². The molecule has 0 amide bonds. The number of alkyl halides is 2. The van der Waals surface area contributed by atoms with Crippen LogP contribution in [0, 0.1) is 25.5 Å². The fourth-order valence-corrected chi connectivity index (χ4v) is 2.98. The van der Waals surface area contributed by atoms with Crippen molar-refractivity contribution >= 4 is 11.6 Å². The molecule has 0 unspecified atom stereocenters. The predicted octanol–water partition coefficient (Wildman–Crippen LogP) is 4.54. The largest absolute Gasteiger partial charge is 0.490 e. The van der Waals surface area contributed by atoms with E-state index in [1.807, 2.05) is 0 Å². The number of nitrogens with one attached hydrogen (secondary N) is 1. The fraction of sp³-hybridized carbons (Fsp3) is 0.238. The Morgan fingerprint density at radius 2 is 1.81 bits per heavy atom. The van der Waals surface area contributed by atoms with Gasteiger partial charge < -0.3 is 19.4 Å². The van der Waals surface area contributed by atoms with E-state index in [0.29, 0.717) is 22.4 Å². The molecule has 1 N–H and O–H groups in total. The van der Waals surface area contributed by atoms with E-state index < -0.39 is 23.8 Å². The molecule has 0 aliphatic rings. The minimum absolute atomic E-state index is 0.0223. The van der Waals surface area contributed by atoms with E-state index >= 15 is 0 Å². The Kier molecular flexibility index (Phi) is 6.47. The first-order valence-electron chi connectivity index (χ1n) is 9.10. The number of methoxy groups -OCH3 is 1. The highest BCUT2D eigenvalue weighted by molar-refractivity contribution is 5.63. The smallest absolute Gasteiger partial charge is 0.387 e. The van der Waals surface area contributed by atoms with Crippen LogP contribution in [0.2, 0.25) is 0 Å². The van der Waals surface area contributed by atoms with E-state index in [9.17, 15) is 22.4 Å². The summed E-state index contributed by atoms with van der Waals surface area (Å²) in [6.45, 7) is 0.385. The average Bonchev–Trinajstić information content (AvgIpc) is 2.70. The van der Waals surface area contributed by atoms with Gasteiger partial charge in [-0.05, 0) is 42.7 Å². The van der Waals surface area contributed by atoms with E-state index in [1.165, 1.54) is 30.0 Å². The van der Waals surface area contributed by atoms with E-state index in [-0.39, 0.29) is 24.0 Å². The van der Waals surface area contributed by atoms with Gasteiger partial charge >= 0.3 is 12.2 Å². The number of hydrogen-bond donors (Lipinski definition) is 1. The molecule has 0 atom stereocenters. The zero-order valence-electron chi connectivity index (χ0n) is 16.9. The summed E-state index contributed by atoms with van der Waals surface area (Å²) in [7, 11) is 1.30. The van der Waals surface area contributed by atoms with Crippen LogP contribution >= 0.6 is 0 Å². The lowest BCUT2D eigenvalue weighted by atomic mass is 10.1. The lowest BCUT2D eigenvalue weighted by Crippen LogP contribution is -2.19. The number of aryl methyl sites for hydroxylation is 2. The monoisotopic (exact) mass is 437 g/mol. The summed E-state index contributed by atoms with van der Waals surface area (Å²) in [6.07, 6.45) is 1.36. The number of ether oxygens (including phenoxy) is 2. The molecule has 3 rings (SSSR count). The molecule has 1 aromatic heterocycles. The van der Waals surface area contributed by atoms with Crippen LogP contribution in [0.1, 0.15) is 16.7 Å². The van der Waals surface area contributed by atoms with Crippen LogP contribution in [0.25, 0.3) is 0 Å². The molecule has 31 heavy (non-hydrogen) atoms. The van der Waals surface area contributed by atoms with Gasteiger partial charge in [-0.3, -0.25) is 4.79 Å².